The Balaban J connectivity index is 2.77. The van der Waals surface area contributed by atoms with Crippen molar-refractivity contribution in [3.8, 4) is 0 Å². The molecule has 0 aliphatic rings. The zero-order valence-corrected chi connectivity index (χ0v) is 6.46. The molecule has 0 fully saturated rings. The lowest BCUT2D eigenvalue weighted by Gasteiger charge is -2.06. The quantitative estimate of drug-likeness (QED) is 0.396. The van der Waals surface area contributed by atoms with Gasteiger partial charge in [-0.05, 0) is 6.92 Å². The molecule has 0 aromatic carbocycles. The first kappa shape index (κ1) is 9.84. The van der Waals surface area contributed by atoms with E-state index in [2.05, 4.69) is 5.48 Å². The van der Waals surface area contributed by atoms with Gasteiger partial charge in [-0.1, -0.05) is 0 Å². The first-order valence-electron chi connectivity index (χ1n) is 3.29. The molecule has 0 bridgehead atoms. The number of aliphatic hydroxyl groups is 1. The fourth-order valence-electron chi connectivity index (χ4n) is 0.377. The highest BCUT2D eigenvalue weighted by Crippen LogP contribution is 1.75. The zero-order chi connectivity index (χ0) is 7.82. The largest absolute Gasteiger partial charge is 0.392 e. The third-order valence-corrected chi connectivity index (χ3v) is 0.870. The molecule has 1 atom stereocenters. The molecule has 10 heavy (non-hydrogen) atoms. The van der Waals surface area contributed by atoms with Gasteiger partial charge in [0.2, 0.25) is 0 Å². The van der Waals surface area contributed by atoms with E-state index in [1.54, 1.807) is 14.0 Å². The maximum atomic E-state index is 8.74. The Morgan fingerprint density at radius 1 is 1.50 bits per heavy atom. The van der Waals surface area contributed by atoms with Crippen molar-refractivity contribution in [2.45, 2.75) is 13.0 Å². The molecule has 62 valence electrons. The van der Waals surface area contributed by atoms with Gasteiger partial charge in [-0.3, -0.25) is 4.84 Å². The van der Waals surface area contributed by atoms with Crippen LogP contribution in [0, 0.1) is 0 Å². The molecule has 0 unspecified atom stereocenters. The molecular formula is C6H15NO3. The molecule has 4 nitrogen and oxygen atoms in total. The van der Waals surface area contributed by atoms with Crippen LogP contribution in [-0.4, -0.2) is 38.1 Å². The topological polar surface area (TPSA) is 50.7 Å². The number of nitrogens with one attached hydrogen (secondary N) is 1. The molecule has 0 aromatic heterocycles. The lowest BCUT2D eigenvalue weighted by Crippen LogP contribution is -2.25. The molecule has 0 amide bonds. The normalized spacial score (nSPS) is 13.5. The minimum absolute atomic E-state index is 0.373. The Morgan fingerprint density at radius 3 is 2.70 bits per heavy atom. The lowest BCUT2D eigenvalue weighted by atomic mass is 10.4. The summed E-state index contributed by atoms with van der Waals surface area (Å²) in [6.07, 6.45) is -0.373. The second kappa shape index (κ2) is 6.95. The molecule has 0 aromatic rings. The van der Waals surface area contributed by atoms with Crippen LogP contribution in [0.25, 0.3) is 0 Å². The Hall–Kier alpha value is -0.160. The van der Waals surface area contributed by atoms with E-state index in [0.717, 1.165) is 0 Å². The second-order valence-corrected chi connectivity index (χ2v) is 2.04. The highest BCUT2D eigenvalue weighted by atomic mass is 16.7. The summed E-state index contributed by atoms with van der Waals surface area (Å²) in [5.74, 6) is 0. The van der Waals surface area contributed by atoms with Crippen molar-refractivity contribution in [2.24, 2.45) is 0 Å². The van der Waals surface area contributed by atoms with Gasteiger partial charge >= 0.3 is 0 Å². The molecule has 0 saturated heterocycles. The predicted octanol–water partition coefficient (Wildman–Crippen LogP) is -0.465. The fourth-order valence-corrected chi connectivity index (χ4v) is 0.377. The van der Waals surface area contributed by atoms with E-state index in [4.69, 9.17) is 14.7 Å². The van der Waals surface area contributed by atoms with Gasteiger partial charge in [0.25, 0.3) is 0 Å². The molecule has 2 N–H and O–H groups in total. The number of rotatable bonds is 6. The smallest absolute Gasteiger partial charge is 0.0915 e. The Morgan fingerprint density at radius 2 is 2.20 bits per heavy atom. The molecule has 0 saturated carbocycles. The van der Waals surface area contributed by atoms with Crippen molar-refractivity contribution in [1.29, 1.82) is 0 Å². The first-order valence-corrected chi connectivity index (χ1v) is 3.29. The van der Waals surface area contributed by atoms with E-state index in [1.165, 1.54) is 0 Å². The third-order valence-electron chi connectivity index (χ3n) is 0.870. The summed E-state index contributed by atoms with van der Waals surface area (Å²) in [7, 11) is 1.61. The number of hydrogen-bond acceptors (Lipinski definition) is 4. The summed E-state index contributed by atoms with van der Waals surface area (Å²) in [5.41, 5.74) is 2.59. The summed E-state index contributed by atoms with van der Waals surface area (Å²) >= 11 is 0. The van der Waals surface area contributed by atoms with Gasteiger partial charge in [0.1, 0.15) is 0 Å². The Kier molecular flexibility index (Phi) is 6.84. The average molecular weight is 149 g/mol. The summed E-state index contributed by atoms with van der Waals surface area (Å²) in [6.45, 7) is 3.20. The average Bonchev–Trinajstić information content (AvgIpc) is 1.87. The van der Waals surface area contributed by atoms with E-state index in [-0.39, 0.29) is 6.10 Å². The van der Waals surface area contributed by atoms with E-state index < -0.39 is 0 Å². The first-order chi connectivity index (χ1) is 4.77. The highest BCUT2D eigenvalue weighted by Gasteiger charge is 1.92. The molecule has 0 radical (unpaired) electrons. The number of aliphatic hydroxyl groups excluding tert-OH is 1. The molecule has 0 aliphatic heterocycles. The minimum atomic E-state index is -0.373. The molecule has 0 aliphatic carbocycles. The molecule has 0 rings (SSSR count). The number of methoxy groups -OCH3 is 1. The van der Waals surface area contributed by atoms with E-state index in [0.29, 0.717) is 19.8 Å². The second-order valence-electron chi connectivity index (χ2n) is 2.04. The fraction of sp³-hybridized carbons (Fsp3) is 1.00. The molecule has 0 spiro atoms. The summed E-state index contributed by atoms with van der Waals surface area (Å²) < 4.78 is 4.72. The highest BCUT2D eigenvalue weighted by molar-refractivity contribution is 4.43. The minimum Gasteiger partial charge on any atom is -0.392 e. The van der Waals surface area contributed by atoms with Crippen molar-refractivity contribution in [1.82, 2.24) is 5.48 Å². The van der Waals surface area contributed by atoms with Crippen LogP contribution in [0.3, 0.4) is 0 Å². The van der Waals surface area contributed by atoms with E-state index in [9.17, 15) is 0 Å². The number of hydrogen-bond donors (Lipinski definition) is 2. The van der Waals surface area contributed by atoms with Crippen molar-refractivity contribution in [3.63, 3.8) is 0 Å². The van der Waals surface area contributed by atoms with Crippen LogP contribution in [0.4, 0.5) is 0 Å². The monoisotopic (exact) mass is 149 g/mol. The third kappa shape index (κ3) is 7.84. The summed E-state index contributed by atoms with van der Waals surface area (Å²) in [6, 6.07) is 0. The SMILES string of the molecule is COCCONC[C@H](C)O. The predicted molar refractivity (Wildman–Crippen MR) is 37.5 cm³/mol. The summed E-state index contributed by atoms with van der Waals surface area (Å²) in [4.78, 5) is 4.85. The van der Waals surface area contributed by atoms with Gasteiger partial charge in [-0.25, -0.2) is 0 Å². The van der Waals surface area contributed by atoms with Gasteiger partial charge in [0, 0.05) is 13.7 Å². The maximum absolute atomic E-state index is 8.74. The van der Waals surface area contributed by atoms with Crippen LogP contribution < -0.4 is 5.48 Å². The lowest BCUT2D eigenvalue weighted by molar-refractivity contribution is -0.00837. The van der Waals surface area contributed by atoms with E-state index >= 15 is 0 Å². The van der Waals surface area contributed by atoms with Crippen LogP contribution in [-0.2, 0) is 9.57 Å². The molecule has 4 heteroatoms. The summed E-state index contributed by atoms with van der Waals surface area (Å²) in [5, 5.41) is 8.74. The Bertz CT molecular complexity index is 68.0. The van der Waals surface area contributed by atoms with Gasteiger partial charge in [0.05, 0.1) is 19.3 Å². The van der Waals surface area contributed by atoms with Crippen molar-refractivity contribution >= 4 is 0 Å². The van der Waals surface area contributed by atoms with Crippen LogP contribution in [0.15, 0.2) is 0 Å². The van der Waals surface area contributed by atoms with Crippen molar-refractivity contribution in [3.05, 3.63) is 0 Å². The van der Waals surface area contributed by atoms with Crippen LogP contribution >= 0.6 is 0 Å². The van der Waals surface area contributed by atoms with E-state index in [1.807, 2.05) is 0 Å². The standard InChI is InChI=1S/C6H15NO3/c1-6(8)5-7-10-4-3-9-2/h6-8H,3-5H2,1-2H3/t6-/m0/s1. The van der Waals surface area contributed by atoms with Crippen LogP contribution in [0.5, 0.6) is 0 Å². The van der Waals surface area contributed by atoms with Gasteiger partial charge < -0.3 is 9.84 Å². The van der Waals surface area contributed by atoms with Gasteiger partial charge in [-0.2, -0.15) is 5.48 Å². The van der Waals surface area contributed by atoms with Crippen molar-refractivity contribution < 1.29 is 14.7 Å². The van der Waals surface area contributed by atoms with Crippen molar-refractivity contribution in [2.75, 3.05) is 26.9 Å². The molecule has 0 heterocycles. The Labute approximate surface area is 61.1 Å². The van der Waals surface area contributed by atoms with Crippen LogP contribution in [0.1, 0.15) is 6.92 Å². The van der Waals surface area contributed by atoms with Crippen LogP contribution in [0.2, 0.25) is 0 Å². The number of hydroxylamine groups is 1. The van der Waals surface area contributed by atoms with Gasteiger partial charge in [0.15, 0.2) is 0 Å². The molecular weight excluding hydrogens is 134 g/mol. The van der Waals surface area contributed by atoms with Gasteiger partial charge in [-0.15, -0.1) is 0 Å². The number of ether oxygens (including phenoxy) is 1. The zero-order valence-electron chi connectivity index (χ0n) is 6.46. The maximum Gasteiger partial charge on any atom is 0.0915 e.